The molecule has 30 heavy (non-hydrogen) atoms. The van der Waals surface area contributed by atoms with Crippen molar-refractivity contribution in [1.82, 2.24) is 10.3 Å². The van der Waals surface area contributed by atoms with Crippen LogP contribution in [0.3, 0.4) is 0 Å². The van der Waals surface area contributed by atoms with Crippen molar-refractivity contribution in [2.45, 2.75) is 63.9 Å². The Balaban J connectivity index is 1.58. The number of aromatic nitrogens is 1. The highest BCUT2D eigenvalue weighted by Crippen LogP contribution is 2.38. The quantitative estimate of drug-likeness (QED) is 0.582. The highest BCUT2D eigenvalue weighted by Gasteiger charge is 2.38. The fourth-order valence-corrected chi connectivity index (χ4v) is 4.04. The molecule has 3 rings (SSSR count). The third kappa shape index (κ3) is 6.69. The zero-order valence-corrected chi connectivity index (χ0v) is 17.3. The molecule has 1 aromatic heterocycles. The van der Waals surface area contributed by atoms with Crippen LogP contribution in [0.2, 0.25) is 0 Å². The number of carbonyl (C=O) groups excluding carboxylic acids is 2. The molecule has 1 amide bonds. The van der Waals surface area contributed by atoms with Crippen molar-refractivity contribution in [2.75, 3.05) is 0 Å². The highest BCUT2D eigenvalue weighted by molar-refractivity contribution is 5.82. The minimum Gasteiger partial charge on any atom is -0.460 e. The Hall–Kier alpha value is -2.67. The molecule has 1 fully saturated rings. The van der Waals surface area contributed by atoms with E-state index in [-0.39, 0.29) is 24.0 Å². The number of hydrogen-bond donors (Lipinski definition) is 2. The lowest BCUT2D eigenvalue weighted by Gasteiger charge is -2.19. The number of hydrogen-bond acceptors (Lipinski definition) is 6. The monoisotopic (exact) mass is 414 g/mol. The molecule has 5 atom stereocenters. The molecule has 0 unspecified atom stereocenters. The number of carbonyl (C=O) groups is 2. The second-order valence-electron chi connectivity index (χ2n) is 8.00. The number of nitrogens with zero attached hydrogens (tertiary/aromatic N) is 1. The van der Waals surface area contributed by atoms with E-state index >= 15 is 0 Å². The predicted molar refractivity (Wildman–Crippen MR) is 111 cm³/mol. The van der Waals surface area contributed by atoms with Crippen LogP contribution in [-0.2, 0) is 20.8 Å². The lowest BCUT2D eigenvalue weighted by atomic mass is 9.90. The molecule has 7 nitrogen and oxygen atoms in total. The van der Waals surface area contributed by atoms with Crippen molar-refractivity contribution in [2.24, 2.45) is 11.8 Å². The van der Waals surface area contributed by atoms with Crippen molar-refractivity contribution in [1.29, 1.82) is 0 Å². The normalized spacial score (nSPS) is 30.7. The van der Waals surface area contributed by atoms with Gasteiger partial charge in [-0.05, 0) is 68.6 Å². The molecule has 1 aliphatic carbocycles. The first kappa shape index (κ1) is 22.0. The molecule has 0 aromatic carbocycles. The van der Waals surface area contributed by atoms with Crippen molar-refractivity contribution in [3.8, 4) is 0 Å². The maximum Gasteiger partial charge on any atom is 0.407 e. The average molecular weight is 415 g/mol. The van der Waals surface area contributed by atoms with Gasteiger partial charge in [-0.3, -0.25) is 4.98 Å². The molecule has 162 valence electrons. The van der Waals surface area contributed by atoms with Gasteiger partial charge in [0.05, 0.1) is 12.2 Å². The zero-order chi connectivity index (χ0) is 21.3. The second-order valence-corrected chi connectivity index (χ2v) is 8.00. The van der Waals surface area contributed by atoms with Crippen molar-refractivity contribution in [3.63, 3.8) is 0 Å². The molecule has 0 bridgehead atoms. The van der Waals surface area contributed by atoms with Gasteiger partial charge in [-0.1, -0.05) is 18.2 Å². The molecule has 2 aliphatic rings. The van der Waals surface area contributed by atoms with Crippen molar-refractivity contribution < 1.29 is 24.2 Å². The molecule has 0 radical (unpaired) electrons. The summed E-state index contributed by atoms with van der Waals surface area (Å²) >= 11 is 0. The summed E-state index contributed by atoms with van der Waals surface area (Å²) in [5, 5.41) is 13.4. The Kier molecular flexibility index (Phi) is 8.02. The molecule has 2 heterocycles. The van der Waals surface area contributed by atoms with Crippen LogP contribution in [0, 0.1) is 11.8 Å². The largest absolute Gasteiger partial charge is 0.460 e. The average Bonchev–Trinajstić information content (AvgIpc) is 3.13. The summed E-state index contributed by atoms with van der Waals surface area (Å²) in [6, 6.07) is 3.69. The molecular weight excluding hydrogens is 384 g/mol. The molecule has 7 heteroatoms. The number of rotatable bonds is 3. The lowest BCUT2D eigenvalue weighted by molar-refractivity contribution is -0.142. The smallest absolute Gasteiger partial charge is 0.407 e. The van der Waals surface area contributed by atoms with Crippen molar-refractivity contribution in [3.05, 3.63) is 54.4 Å². The van der Waals surface area contributed by atoms with Gasteiger partial charge in [0.2, 0.25) is 0 Å². The van der Waals surface area contributed by atoms with E-state index in [2.05, 4.69) is 22.5 Å². The number of pyridine rings is 1. The summed E-state index contributed by atoms with van der Waals surface area (Å²) in [5.41, 5.74) is 0.891. The van der Waals surface area contributed by atoms with Gasteiger partial charge in [0, 0.05) is 25.0 Å². The first-order valence-electron chi connectivity index (χ1n) is 10.6. The van der Waals surface area contributed by atoms with Crippen LogP contribution >= 0.6 is 0 Å². The molecule has 2 N–H and O–H groups in total. The van der Waals surface area contributed by atoms with Crippen LogP contribution in [0.5, 0.6) is 0 Å². The second kappa shape index (κ2) is 10.9. The minimum atomic E-state index is -0.810. The number of allylic oxidation sites excluding steroid dienone is 2. The number of nitrogens with one attached hydrogen (secondary N) is 1. The first-order chi connectivity index (χ1) is 14.5. The SMILES string of the molecule is C[C@H]1CCC/C=C/[C@@H]2C[C@H](OC(=O)NCc3cccnc3)C[C@H]2[C@H](O)C=CC(=O)O1. The first-order valence-corrected chi connectivity index (χ1v) is 10.6. The summed E-state index contributed by atoms with van der Waals surface area (Å²) in [4.78, 5) is 28.1. The van der Waals surface area contributed by atoms with E-state index in [1.165, 1.54) is 12.2 Å². The Morgan fingerprint density at radius 2 is 2.23 bits per heavy atom. The number of ether oxygens (including phenoxy) is 2. The molecule has 1 aliphatic heterocycles. The van der Waals surface area contributed by atoms with Crippen molar-refractivity contribution >= 4 is 12.1 Å². The Labute approximate surface area is 177 Å². The number of esters is 1. The van der Waals surface area contributed by atoms with Crippen LogP contribution in [0.15, 0.2) is 48.8 Å². The van der Waals surface area contributed by atoms with Gasteiger partial charge in [-0.2, -0.15) is 0 Å². The highest BCUT2D eigenvalue weighted by atomic mass is 16.6. The molecular formula is C23H30N2O5. The summed E-state index contributed by atoms with van der Waals surface area (Å²) in [7, 11) is 0. The zero-order valence-electron chi connectivity index (χ0n) is 17.3. The molecule has 1 saturated carbocycles. The van der Waals surface area contributed by atoms with E-state index in [0.29, 0.717) is 19.4 Å². The number of cyclic esters (lactones) is 1. The Morgan fingerprint density at radius 1 is 1.37 bits per heavy atom. The summed E-state index contributed by atoms with van der Waals surface area (Å²) in [6.45, 7) is 2.22. The molecule has 0 saturated heterocycles. The van der Waals surface area contributed by atoms with Gasteiger partial charge in [0.15, 0.2) is 0 Å². The summed E-state index contributed by atoms with van der Waals surface area (Å²) in [6.07, 6.45) is 12.4. The molecule has 1 aromatic rings. The fraction of sp³-hybridized carbons (Fsp3) is 0.522. The summed E-state index contributed by atoms with van der Waals surface area (Å²) < 4.78 is 10.9. The number of amides is 1. The van der Waals surface area contributed by atoms with Crippen LogP contribution < -0.4 is 5.32 Å². The third-order valence-electron chi connectivity index (χ3n) is 5.60. The standard InChI is InChI=1S/C23H30N2O5/c1-16-6-3-2-4-8-18-12-19(13-20(18)21(26)9-10-22(27)29-16)30-23(28)25-15-17-7-5-11-24-14-17/h4-5,7-11,14,16,18-21,26H,2-3,6,12-13,15H2,1H3,(H,25,28)/b8-4+,10-9?/t16-,18+,19-,20+,21+/m0/s1. The van der Waals surface area contributed by atoms with Gasteiger partial charge in [-0.25, -0.2) is 9.59 Å². The van der Waals surface area contributed by atoms with Crippen LogP contribution in [0.4, 0.5) is 4.79 Å². The maximum atomic E-state index is 12.2. The Morgan fingerprint density at radius 3 is 3.03 bits per heavy atom. The van der Waals surface area contributed by atoms with E-state index in [4.69, 9.17) is 9.47 Å². The van der Waals surface area contributed by atoms with Crippen LogP contribution in [-0.4, -0.2) is 40.5 Å². The van der Waals surface area contributed by atoms with E-state index in [0.717, 1.165) is 24.8 Å². The number of aliphatic hydroxyl groups excluding tert-OH is 1. The Bertz CT molecular complexity index is 764. The predicted octanol–water partition coefficient (Wildman–Crippen LogP) is 3.29. The molecule has 0 spiro atoms. The minimum absolute atomic E-state index is 0.0787. The van der Waals surface area contributed by atoms with Gasteiger partial charge in [-0.15, -0.1) is 0 Å². The van der Waals surface area contributed by atoms with Gasteiger partial charge >= 0.3 is 12.1 Å². The number of aliphatic hydroxyl groups is 1. The fourth-order valence-electron chi connectivity index (χ4n) is 4.04. The van der Waals surface area contributed by atoms with Gasteiger partial charge in [0.25, 0.3) is 0 Å². The van der Waals surface area contributed by atoms with E-state index in [1.807, 2.05) is 19.1 Å². The number of alkyl carbamates (subject to hydrolysis) is 1. The van der Waals surface area contributed by atoms with Gasteiger partial charge in [0.1, 0.15) is 6.10 Å². The number of fused-ring (bicyclic) bond motifs is 1. The van der Waals surface area contributed by atoms with E-state index in [1.54, 1.807) is 12.4 Å². The van der Waals surface area contributed by atoms with Gasteiger partial charge < -0.3 is 19.9 Å². The lowest BCUT2D eigenvalue weighted by Crippen LogP contribution is -2.28. The maximum absolute atomic E-state index is 12.2. The third-order valence-corrected chi connectivity index (χ3v) is 5.60. The summed E-state index contributed by atoms with van der Waals surface area (Å²) in [5.74, 6) is -0.486. The van der Waals surface area contributed by atoms with Crippen LogP contribution in [0.25, 0.3) is 0 Å². The van der Waals surface area contributed by atoms with E-state index in [9.17, 15) is 14.7 Å². The topological polar surface area (TPSA) is 97.8 Å². The van der Waals surface area contributed by atoms with Crippen LogP contribution in [0.1, 0.15) is 44.6 Å². The van der Waals surface area contributed by atoms with E-state index < -0.39 is 18.2 Å².